The van der Waals surface area contributed by atoms with Gasteiger partial charge in [0.2, 0.25) is 21.8 Å². The van der Waals surface area contributed by atoms with Crippen LogP contribution in [0.15, 0.2) is 72.8 Å². The Morgan fingerprint density at radius 1 is 0.953 bits per heavy atom. The van der Waals surface area contributed by atoms with Crippen LogP contribution >= 0.6 is 23.2 Å². The van der Waals surface area contributed by atoms with E-state index in [1.807, 2.05) is 30.3 Å². The van der Waals surface area contributed by atoms with Crippen molar-refractivity contribution in [2.24, 2.45) is 0 Å². The molecule has 3 aromatic carbocycles. The minimum absolute atomic E-state index is 0.00837. The molecule has 1 atom stereocenters. The zero-order valence-electron chi connectivity index (χ0n) is 24.0. The van der Waals surface area contributed by atoms with Crippen molar-refractivity contribution in [2.45, 2.75) is 63.6 Å². The summed E-state index contributed by atoms with van der Waals surface area (Å²) < 4.78 is 39.7. The lowest BCUT2D eigenvalue weighted by Crippen LogP contribution is -2.52. The van der Waals surface area contributed by atoms with Gasteiger partial charge in [-0.1, -0.05) is 72.4 Å². The molecule has 0 unspecified atom stereocenters. The first kappa shape index (κ1) is 32.8. The van der Waals surface area contributed by atoms with Gasteiger partial charge in [0.1, 0.15) is 11.9 Å². The van der Waals surface area contributed by atoms with Crippen LogP contribution in [0, 0.1) is 5.82 Å². The van der Waals surface area contributed by atoms with Gasteiger partial charge in [0, 0.05) is 32.0 Å². The van der Waals surface area contributed by atoms with Gasteiger partial charge in [0.05, 0.1) is 22.0 Å². The average molecular weight is 649 g/mol. The number of sulfonamides is 1. The molecular formula is C32H36Cl2FN3O4S. The first-order valence-electron chi connectivity index (χ1n) is 14.3. The molecule has 0 saturated heterocycles. The SMILES string of the molecule is CS(=O)(=O)N(CCCC(=O)N(Cc1ccc(Cl)c(Cl)c1)[C@H](Cc1ccccc1)C(=O)NC1CCCC1)c1ccc(F)cc1. The van der Waals surface area contributed by atoms with Gasteiger partial charge in [-0.2, -0.15) is 0 Å². The van der Waals surface area contributed by atoms with E-state index in [4.69, 9.17) is 23.2 Å². The molecule has 2 amide bonds. The molecule has 43 heavy (non-hydrogen) atoms. The van der Waals surface area contributed by atoms with Crippen LogP contribution in [-0.2, 0) is 32.6 Å². The van der Waals surface area contributed by atoms with E-state index in [1.54, 1.807) is 23.1 Å². The number of nitrogens with one attached hydrogen (secondary N) is 1. The molecule has 1 fully saturated rings. The topological polar surface area (TPSA) is 86.8 Å². The maximum absolute atomic E-state index is 14.0. The number of nitrogens with zero attached hydrogens (tertiary/aromatic N) is 2. The molecule has 3 aromatic rings. The standard InChI is InChI=1S/C32H36Cl2FN3O4S/c1-43(41,42)38(27-16-14-25(35)15-17-27)19-7-12-31(39)37(22-24-13-18-28(33)29(34)20-24)30(21-23-8-3-2-4-9-23)32(40)36-26-10-5-6-11-26/h2-4,8-9,13-18,20,26,30H,5-7,10-12,19,21-22H2,1H3,(H,36,40)/t30-/m1/s1. The van der Waals surface area contributed by atoms with Crippen molar-refractivity contribution in [1.82, 2.24) is 10.2 Å². The fourth-order valence-electron chi connectivity index (χ4n) is 5.37. The Balaban J connectivity index is 1.60. The summed E-state index contributed by atoms with van der Waals surface area (Å²) in [5.41, 5.74) is 1.92. The molecule has 0 bridgehead atoms. The van der Waals surface area contributed by atoms with Crippen molar-refractivity contribution in [3.05, 3.63) is 99.8 Å². The van der Waals surface area contributed by atoms with Gasteiger partial charge in [0.15, 0.2) is 0 Å². The molecule has 11 heteroatoms. The first-order valence-corrected chi connectivity index (χ1v) is 16.9. The lowest BCUT2D eigenvalue weighted by Gasteiger charge is -2.33. The zero-order chi connectivity index (χ0) is 31.0. The number of halogens is 3. The molecule has 0 heterocycles. The smallest absolute Gasteiger partial charge is 0.243 e. The molecule has 1 aliphatic rings. The quantitative estimate of drug-likeness (QED) is 0.233. The second-order valence-corrected chi connectivity index (χ2v) is 13.6. The van der Waals surface area contributed by atoms with Crippen LogP contribution in [0.2, 0.25) is 10.0 Å². The Kier molecular flexibility index (Phi) is 11.5. The van der Waals surface area contributed by atoms with E-state index >= 15 is 0 Å². The van der Waals surface area contributed by atoms with Crippen molar-refractivity contribution >= 4 is 50.7 Å². The minimum Gasteiger partial charge on any atom is -0.352 e. The minimum atomic E-state index is -3.70. The van der Waals surface area contributed by atoms with Gasteiger partial charge in [-0.3, -0.25) is 13.9 Å². The summed E-state index contributed by atoms with van der Waals surface area (Å²) in [6.07, 6.45) is 5.43. The van der Waals surface area contributed by atoms with Crippen LogP contribution in [0.5, 0.6) is 0 Å². The molecule has 0 radical (unpaired) electrons. The number of anilines is 1. The number of carbonyl (C=O) groups is 2. The lowest BCUT2D eigenvalue weighted by molar-refractivity contribution is -0.141. The van der Waals surface area contributed by atoms with E-state index in [-0.39, 0.29) is 43.8 Å². The lowest BCUT2D eigenvalue weighted by atomic mass is 10.0. The number of rotatable bonds is 13. The van der Waals surface area contributed by atoms with E-state index in [9.17, 15) is 22.4 Å². The molecule has 0 aliphatic heterocycles. The summed E-state index contributed by atoms with van der Waals surface area (Å²) in [7, 11) is -3.70. The van der Waals surface area contributed by atoms with E-state index in [0.717, 1.165) is 41.8 Å². The van der Waals surface area contributed by atoms with Crippen molar-refractivity contribution in [1.29, 1.82) is 0 Å². The maximum Gasteiger partial charge on any atom is 0.243 e. The molecular weight excluding hydrogens is 612 g/mol. The summed E-state index contributed by atoms with van der Waals surface area (Å²) in [4.78, 5) is 29.3. The summed E-state index contributed by atoms with van der Waals surface area (Å²) >= 11 is 12.4. The molecule has 7 nitrogen and oxygen atoms in total. The predicted molar refractivity (Wildman–Crippen MR) is 169 cm³/mol. The van der Waals surface area contributed by atoms with Gasteiger partial charge in [-0.05, 0) is 66.8 Å². The number of hydrogen-bond donors (Lipinski definition) is 1. The van der Waals surface area contributed by atoms with Crippen LogP contribution in [-0.4, -0.2) is 50.0 Å². The molecule has 1 N–H and O–H groups in total. The molecule has 230 valence electrons. The Bertz CT molecular complexity index is 1500. The Labute approximate surface area is 263 Å². The molecule has 1 saturated carbocycles. The third kappa shape index (κ3) is 9.42. The van der Waals surface area contributed by atoms with Crippen molar-refractivity contribution < 1.29 is 22.4 Å². The number of hydrogen-bond acceptors (Lipinski definition) is 4. The first-order chi connectivity index (χ1) is 20.5. The fourth-order valence-corrected chi connectivity index (χ4v) is 6.65. The number of amides is 2. The van der Waals surface area contributed by atoms with Gasteiger partial charge in [-0.15, -0.1) is 0 Å². The highest BCUT2D eigenvalue weighted by Crippen LogP contribution is 2.26. The second kappa shape index (κ2) is 15.0. The monoisotopic (exact) mass is 647 g/mol. The van der Waals surface area contributed by atoms with Crippen LogP contribution in [0.4, 0.5) is 10.1 Å². The Morgan fingerprint density at radius 3 is 2.26 bits per heavy atom. The van der Waals surface area contributed by atoms with Gasteiger partial charge < -0.3 is 10.2 Å². The van der Waals surface area contributed by atoms with Crippen LogP contribution in [0.1, 0.15) is 49.7 Å². The summed E-state index contributed by atoms with van der Waals surface area (Å²) in [6.45, 7) is 0.119. The van der Waals surface area contributed by atoms with E-state index in [1.165, 1.54) is 24.3 Å². The molecule has 0 spiro atoms. The predicted octanol–water partition coefficient (Wildman–Crippen LogP) is 6.38. The van der Waals surface area contributed by atoms with E-state index in [2.05, 4.69) is 5.32 Å². The normalized spacial score (nSPS) is 14.3. The van der Waals surface area contributed by atoms with Gasteiger partial charge in [-0.25, -0.2) is 12.8 Å². The Hall–Kier alpha value is -3.14. The van der Waals surface area contributed by atoms with E-state index in [0.29, 0.717) is 27.7 Å². The zero-order valence-corrected chi connectivity index (χ0v) is 26.3. The summed E-state index contributed by atoms with van der Waals surface area (Å²) in [6, 6.07) is 19.0. The van der Waals surface area contributed by atoms with E-state index < -0.39 is 21.9 Å². The average Bonchev–Trinajstić information content (AvgIpc) is 3.48. The highest BCUT2D eigenvalue weighted by Gasteiger charge is 2.32. The second-order valence-electron chi connectivity index (χ2n) is 10.9. The summed E-state index contributed by atoms with van der Waals surface area (Å²) in [5.74, 6) is -1.01. The van der Waals surface area contributed by atoms with Gasteiger partial charge >= 0.3 is 0 Å². The van der Waals surface area contributed by atoms with Crippen LogP contribution in [0.25, 0.3) is 0 Å². The van der Waals surface area contributed by atoms with Crippen molar-refractivity contribution in [2.75, 3.05) is 17.1 Å². The van der Waals surface area contributed by atoms with Gasteiger partial charge in [0.25, 0.3) is 0 Å². The maximum atomic E-state index is 14.0. The largest absolute Gasteiger partial charge is 0.352 e. The van der Waals surface area contributed by atoms with Crippen molar-refractivity contribution in [3.8, 4) is 0 Å². The molecule has 4 rings (SSSR count). The highest BCUT2D eigenvalue weighted by molar-refractivity contribution is 7.92. The third-order valence-electron chi connectivity index (χ3n) is 7.58. The fraction of sp³-hybridized carbons (Fsp3) is 0.375. The number of carbonyl (C=O) groups excluding carboxylic acids is 2. The highest BCUT2D eigenvalue weighted by atomic mass is 35.5. The molecule has 0 aromatic heterocycles. The summed E-state index contributed by atoms with van der Waals surface area (Å²) in [5, 5.41) is 3.88. The Morgan fingerprint density at radius 2 is 1.63 bits per heavy atom. The van der Waals surface area contributed by atoms with Crippen molar-refractivity contribution in [3.63, 3.8) is 0 Å². The van der Waals surface area contributed by atoms with Crippen LogP contribution < -0.4 is 9.62 Å². The number of benzene rings is 3. The molecule has 1 aliphatic carbocycles. The van der Waals surface area contributed by atoms with Crippen LogP contribution in [0.3, 0.4) is 0 Å². The third-order valence-corrected chi connectivity index (χ3v) is 9.51.